The number of rotatable bonds is 3. The van der Waals surface area contributed by atoms with Crippen LogP contribution in [0.15, 0.2) is 0 Å². The van der Waals surface area contributed by atoms with Crippen LogP contribution in [0.1, 0.15) is 44.9 Å². The van der Waals surface area contributed by atoms with Crippen LogP contribution in [0.3, 0.4) is 0 Å². The van der Waals surface area contributed by atoms with Crippen molar-refractivity contribution in [2.75, 3.05) is 85.7 Å². The summed E-state index contributed by atoms with van der Waals surface area (Å²) in [7, 11) is 0. The standard InChI is InChI=1S/C24H43NO5/c1(24-18-21-15-22(19-24)17-23(16-21)20-24)2-25-3-5-26-7-9-28-11-13-30-14-12-29-10-8-27-6-4-25/h21-23H,1-20H2. The van der Waals surface area contributed by atoms with Gasteiger partial charge in [0.15, 0.2) is 0 Å². The van der Waals surface area contributed by atoms with Gasteiger partial charge in [-0.3, -0.25) is 4.90 Å². The van der Waals surface area contributed by atoms with E-state index < -0.39 is 0 Å². The molecule has 1 saturated heterocycles. The van der Waals surface area contributed by atoms with E-state index in [0.717, 1.165) is 44.1 Å². The van der Waals surface area contributed by atoms with Gasteiger partial charge in [0.1, 0.15) is 0 Å². The maximum atomic E-state index is 5.84. The second-order valence-corrected chi connectivity index (χ2v) is 10.1. The fourth-order valence-corrected chi connectivity index (χ4v) is 6.70. The molecule has 4 bridgehead atoms. The normalized spacial score (nSPS) is 38.2. The molecule has 6 heteroatoms. The Morgan fingerprint density at radius 2 is 0.900 bits per heavy atom. The molecule has 0 amide bonds. The van der Waals surface area contributed by atoms with Gasteiger partial charge in [-0.15, -0.1) is 0 Å². The van der Waals surface area contributed by atoms with Gasteiger partial charge in [-0.25, -0.2) is 0 Å². The first-order valence-electron chi connectivity index (χ1n) is 12.4. The van der Waals surface area contributed by atoms with E-state index >= 15 is 0 Å². The predicted octanol–water partition coefficient (Wildman–Crippen LogP) is 2.99. The smallest absolute Gasteiger partial charge is 0.0701 e. The van der Waals surface area contributed by atoms with Gasteiger partial charge in [0, 0.05) is 13.1 Å². The molecule has 5 fully saturated rings. The van der Waals surface area contributed by atoms with Gasteiger partial charge in [0.2, 0.25) is 0 Å². The summed E-state index contributed by atoms with van der Waals surface area (Å²) in [6.07, 6.45) is 10.4. The lowest BCUT2D eigenvalue weighted by molar-refractivity contribution is -0.0631. The molecule has 0 radical (unpaired) electrons. The Bertz CT molecular complexity index is 435. The Morgan fingerprint density at radius 1 is 0.533 bits per heavy atom. The van der Waals surface area contributed by atoms with Crippen LogP contribution in [0.25, 0.3) is 0 Å². The highest BCUT2D eigenvalue weighted by Crippen LogP contribution is 2.61. The first-order valence-corrected chi connectivity index (χ1v) is 12.4. The first-order chi connectivity index (χ1) is 14.8. The highest BCUT2D eigenvalue weighted by atomic mass is 16.6. The van der Waals surface area contributed by atoms with Gasteiger partial charge >= 0.3 is 0 Å². The van der Waals surface area contributed by atoms with Crippen LogP contribution in [-0.2, 0) is 23.7 Å². The van der Waals surface area contributed by atoms with Crippen molar-refractivity contribution in [3.63, 3.8) is 0 Å². The Labute approximate surface area is 182 Å². The molecule has 5 aliphatic rings. The summed E-state index contributed by atoms with van der Waals surface area (Å²) >= 11 is 0. The predicted molar refractivity (Wildman–Crippen MR) is 116 cm³/mol. The van der Waals surface area contributed by atoms with Crippen LogP contribution >= 0.6 is 0 Å². The van der Waals surface area contributed by atoms with E-state index in [1.807, 2.05) is 0 Å². The summed E-state index contributed by atoms with van der Waals surface area (Å²) in [6.45, 7) is 9.71. The minimum atomic E-state index is 0.609. The topological polar surface area (TPSA) is 49.4 Å². The zero-order valence-corrected chi connectivity index (χ0v) is 18.9. The number of hydrogen-bond acceptors (Lipinski definition) is 6. The summed E-state index contributed by atoms with van der Waals surface area (Å²) in [6, 6.07) is 0. The van der Waals surface area contributed by atoms with Crippen LogP contribution in [0, 0.1) is 23.2 Å². The Hall–Kier alpha value is -0.240. The molecule has 0 N–H and O–H groups in total. The highest BCUT2D eigenvalue weighted by Gasteiger charge is 2.50. The second-order valence-electron chi connectivity index (χ2n) is 10.1. The first kappa shape index (κ1) is 22.9. The minimum Gasteiger partial charge on any atom is -0.378 e. The molecule has 6 nitrogen and oxygen atoms in total. The monoisotopic (exact) mass is 425 g/mol. The van der Waals surface area contributed by atoms with E-state index in [9.17, 15) is 0 Å². The van der Waals surface area contributed by atoms with E-state index in [2.05, 4.69) is 4.90 Å². The summed E-state index contributed by atoms with van der Waals surface area (Å²) in [5, 5.41) is 0. The van der Waals surface area contributed by atoms with Crippen molar-refractivity contribution in [2.45, 2.75) is 44.9 Å². The van der Waals surface area contributed by atoms with Crippen LogP contribution in [0.5, 0.6) is 0 Å². The minimum absolute atomic E-state index is 0.609. The fraction of sp³-hybridized carbons (Fsp3) is 1.00. The van der Waals surface area contributed by atoms with Crippen molar-refractivity contribution in [3.8, 4) is 0 Å². The third-order valence-corrected chi connectivity index (χ3v) is 7.72. The summed E-state index contributed by atoms with van der Waals surface area (Å²) in [5.74, 6) is 3.11. The third-order valence-electron chi connectivity index (χ3n) is 7.72. The number of hydrogen-bond donors (Lipinski definition) is 0. The van der Waals surface area contributed by atoms with Crippen molar-refractivity contribution in [1.29, 1.82) is 0 Å². The molecule has 4 saturated carbocycles. The maximum absolute atomic E-state index is 5.84. The van der Waals surface area contributed by atoms with Gasteiger partial charge in [0.25, 0.3) is 0 Å². The molecule has 0 unspecified atom stereocenters. The average molecular weight is 426 g/mol. The van der Waals surface area contributed by atoms with Gasteiger partial charge < -0.3 is 23.7 Å². The summed E-state index contributed by atoms with van der Waals surface area (Å²) in [4.78, 5) is 2.57. The third kappa shape index (κ3) is 7.14. The van der Waals surface area contributed by atoms with Crippen LogP contribution in [0.2, 0.25) is 0 Å². The molecule has 4 aliphatic carbocycles. The van der Waals surface area contributed by atoms with Crippen LogP contribution < -0.4 is 0 Å². The Morgan fingerprint density at radius 3 is 1.30 bits per heavy atom. The van der Waals surface area contributed by atoms with E-state index in [-0.39, 0.29) is 0 Å². The molecule has 30 heavy (non-hydrogen) atoms. The Balaban J connectivity index is 1.21. The molecule has 174 valence electrons. The van der Waals surface area contributed by atoms with E-state index in [4.69, 9.17) is 23.7 Å². The highest BCUT2D eigenvalue weighted by molar-refractivity contribution is 5.01. The molecular weight excluding hydrogens is 382 g/mol. The quantitative estimate of drug-likeness (QED) is 0.693. The lowest BCUT2D eigenvalue weighted by atomic mass is 9.49. The zero-order valence-electron chi connectivity index (χ0n) is 18.9. The van der Waals surface area contributed by atoms with Crippen molar-refractivity contribution in [2.24, 2.45) is 23.2 Å². The fourth-order valence-electron chi connectivity index (χ4n) is 6.70. The van der Waals surface area contributed by atoms with E-state index in [1.54, 1.807) is 0 Å². The van der Waals surface area contributed by atoms with E-state index in [1.165, 1.54) is 51.5 Å². The summed E-state index contributed by atoms with van der Waals surface area (Å²) < 4.78 is 28.3. The Kier molecular flexibility index (Phi) is 9.27. The van der Waals surface area contributed by atoms with Gasteiger partial charge in [-0.2, -0.15) is 0 Å². The van der Waals surface area contributed by atoms with Crippen LogP contribution in [-0.4, -0.2) is 90.6 Å². The molecule has 0 aromatic carbocycles. The molecule has 0 atom stereocenters. The number of ether oxygens (including phenoxy) is 5. The van der Waals surface area contributed by atoms with Crippen LogP contribution in [0.4, 0.5) is 0 Å². The zero-order chi connectivity index (χ0) is 20.5. The molecule has 1 aliphatic heterocycles. The average Bonchev–Trinajstić information content (AvgIpc) is 2.72. The molecule has 0 aromatic rings. The largest absolute Gasteiger partial charge is 0.378 e. The van der Waals surface area contributed by atoms with E-state index in [0.29, 0.717) is 58.3 Å². The molecule has 5 rings (SSSR count). The van der Waals surface area contributed by atoms with Crippen molar-refractivity contribution in [1.82, 2.24) is 4.90 Å². The second kappa shape index (κ2) is 12.1. The van der Waals surface area contributed by atoms with Gasteiger partial charge in [-0.05, 0) is 74.7 Å². The lowest BCUT2D eigenvalue weighted by Crippen LogP contribution is -2.47. The lowest BCUT2D eigenvalue weighted by Gasteiger charge is -2.57. The van der Waals surface area contributed by atoms with Crippen molar-refractivity contribution < 1.29 is 23.7 Å². The van der Waals surface area contributed by atoms with Gasteiger partial charge in [-0.1, -0.05) is 0 Å². The molecule has 1 heterocycles. The summed E-state index contributed by atoms with van der Waals surface area (Å²) in [5.41, 5.74) is 0.645. The van der Waals surface area contributed by atoms with Gasteiger partial charge in [0.05, 0.1) is 66.1 Å². The van der Waals surface area contributed by atoms with Crippen molar-refractivity contribution >= 4 is 0 Å². The molecule has 0 spiro atoms. The maximum Gasteiger partial charge on any atom is 0.0701 e. The number of nitrogens with zero attached hydrogens (tertiary/aromatic N) is 1. The van der Waals surface area contributed by atoms with Crippen molar-refractivity contribution in [3.05, 3.63) is 0 Å². The molecule has 0 aromatic heterocycles. The SMILES string of the molecule is C1COCCOCCN(CCC23CC4CC(CC(C4)C2)C3)CCOCCOCCO1. The molecular formula is C24H43NO5.